The first-order valence-electron chi connectivity index (χ1n) is 6.36. The molecule has 3 nitrogen and oxygen atoms in total. The third-order valence-corrected chi connectivity index (χ3v) is 3.52. The van der Waals surface area contributed by atoms with Crippen LogP contribution in [0.1, 0.15) is 38.5 Å². The Morgan fingerprint density at radius 2 is 1.73 bits per heavy atom. The summed E-state index contributed by atoms with van der Waals surface area (Å²) in [4.78, 5) is 15.9. The Labute approximate surface area is 92.4 Å². The summed E-state index contributed by atoms with van der Waals surface area (Å²) < 4.78 is 0. The van der Waals surface area contributed by atoms with E-state index < -0.39 is 0 Å². The number of nitrogens with zero attached hydrogens (tertiary/aromatic N) is 2. The predicted octanol–water partition coefficient (Wildman–Crippen LogP) is 1.48. The van der Waals surface area contributed by atoms with Crippen molar-refractivity contribution in [3.05, 3.63) is 0 Å². The van der Waals surface area contributed by atoms with Gasteiger partial charge in [0.25, 0.3) is 0 Å². The monoisotopic (exact) mass is 210 g/mol. The summed E-state index contributed by atoms with van der Waals surface area (Å²) in [6.45, 7) is 5.71. The largest absolute Gasteiger partial charge is 0.343 e. The van der Waals surface area contributed by atoms with Gasteiger partial charge in [-0.1, -0.05) is 6.42 Å². The van der Waals surface area contributed by atoms with Crippen LogP contribution in [0, 0.1) is 0 Å². The van der Waals surface area contributed by atoms with E-state index in [-0.39, 0.29) is 0 Å². The second-order valence-corrected chi connectivity index (χ2v) is 4.74. The fourth-order valence-corrected chi connectivity index (χ4v) is 2.61. The molecule has 1 amide bonds. The Morgan fingerprint density at radius 1 is 0.933 bits per heavy atom. The van der Waals surface area contributed by atoms with E-state index >= 15 is 0 Å². The maximum absolute atomic E-state index is 11.4. The highest BCUT2D eigenvalue weighted by Crippen LogP contribution is 2.12. The van der Waals surface area contributed by atoms with E-state index in [1.807, 2.05) is 4.90 Å². The van der Waals surface area contributed by atoms with Gasteiger partial charge in [0.05, 0.1) is 0 Å². The van der Waals surface area contributed by atoms with E-state index in [0.717, 1.165) is 32.4 Å². The van der Waals surface area contributed by atoms with Gasteiger partial charge in [0.15, 0.2) is 0 Å². The molecule has 0 saturated carbocycles. The van der Waals surface area contributed by atoms with Crippen LogP contribution in [0.25, 0.3) is 0 Å². The second kappa shape index (κ2) is 5.50. The van der Waals surface area contributed by atoms with Gasteiger partial charge in [0.1, 0.15) is 0 Å². The summed E-state index contributed by atoms with van der Waals surface area (Å²) in [6.07, 6.45) is 7.14. The molecular weight excluding hydrogens is 188 g/mol. The molecule has 2 aliphatic rings. The number of hydrogen-bond donors (Lipinski definition) is 0. The molecule has 2 heterocycles. The van der Waals surface area contributed by atoms with Gasteiger partial charge in [-0.15, -0.1) is 0 Å². The van der Waals surface area contributed by atoms with E-state index in [9.17, 15) is 4.79 Å². The van der Waals surface area contributed by atoms with Crippen LogP contribution in [0.4, 0.5) is 0 Å². The lowest BCUT2D eigenvalue weighted by atomic mass is 10.1. The quantitative estimate of drug-likeness (QED) is 0.702. The van der Waals surface area contributed by atoms with Crippen LogP contribution in [-0.4, -0.2) is 48.4 Å². The van der Waals surface area contributed by atoms with E-state index in [4.69, 9.17) is 0 Å². The summed E-state index contributed by atoms with van der Waals surface area (Å²) in [5, 5.41) is 0. The third-order valence-electron chi connectivity index (χ3n) is 3.52. The molecule has 2 fully saturated rings. The first kappa shape index (κ1) is 10.9. The van der Waals surface area contributed by atoms with Gasteiger partial charge in [-0.2, -0.15) is 0 Å². The Balaban J connectivity index is 1.59. The minimum Gasteiger partial charge on any atom is -0.343 e. The van der Waals surface area contributed by atoms with Crippen molar-refractivity contribution in [1.82, 2.24) is 9.80 Å². The lowest BCUT2D eigenvalue weighted by Gasteiger charge is -2.27. The Bertz CT molecular complexity index is 212. The molecule has 0 bridgehead atoms. The molecule has 0 aromatic rings. The number of carbonyl (C=O) groups excluding carboxylic acids is 1. The number of hydrogen-bond acceptors (Lipinski definition) is 2. The summed E-state index contributed by atoms with van der Waals surface area (Å²) in [6, 6.07) is 0. The summed E-state index contributed by atoms with van der Waals surface area (Å²) in [5.74, 6) is 0.369. The van der Waals surface area contributed by atoms with Crippen LogP contribution in [0.5, 0.6) is 0 Å². The number of piperidine rings is 1. The van der Waals surface area contributed by atoms with Gasteiger partial charge in [0, 0.05) is 19.5 Å². The van der Waals surface area contributed by atoms with Crippen molar-refractivity contribution in [3.8, 4) is 0 Å². The minimum atomic E-state index is 0.369. The number of likely N-dealkylation sites (tertiary alicyclic amines) is 2. The lowest BCUT2D eigenvalue weighted by Crippen LogP contribution is -2.33. The van der Waals surface area contributed by atoms with E-state index in [1.54, 1.807) is 0 Å². The average molecular weight is 210 g/mol. The topological polar surface area (TPSA) is 23.6 Å². The van der Waals surface area contributed by atoms with Crippen molar-refractivity contribution in [1.29, 1.82) is 0 Å². The number of carbonyl (C=O) groups is 1. The normalized spacial score (nSPS) is 23.7. The highest BCUT2D eigenvalue weighted by molar-refractivity contribution is 5.77. The van der Waals surface area contributed by atoms with Crippen molar-refractivity contribution in [2.24, 2.45) is 0 Å². The van der Waals surface area contributed by atoms with E-state index in [1.165, 1.54) is 38.9 Å². The number of amides is 1. The molecule has 15 heavy (non-hydrogen) atoms. The first-order chi connectivity index (χ1) is 7.36. The van der Waals surface area contributed by atoms with Crippen molar-refractivity contribution >= 4 is 5.91 Å². The molecule has 2 aliphatic heterocycles. The molecule has 0 atom stereocenters. The molecule has 0 spiro atoms. The van der Waals surface area contributed by atoms with Crippen LogP contribution in [0.15, 0.2) is 0 Å². The van der Waals surface area contributed by atoms with Crippen LogP contribution < -0.4 is 0 Å². The predicted molar refractivity (Wildman–Crippen MR) is 60.7 cm³/mol. The molecule has 0 radical (unpaired) electrons. The first-order valence-corrected chi connectivity index (χ1v) is 6.36. The molecule has 2 rings (SSSR count). The Kier molecular flexibility index (Phi) is 4.01. The highest BCUT2D eigenvalue weighted by atomic mass is 16.2. The average Bonchev–Trinajstić information content (AvgIpc) is 2.66. The van der Waals surface area contributed by atoms with Crippen LogP contribution >= 0.6 is 0 Å². The van der Waals surface area contributed by atoms with Crippen molar-refractivity contribution in [2.45, 2.75) is 38.5 Å². The molecule has 0 aromatic heterocycles. The van der Waals surface area contributed by atoms with Gasteiger partial charge in [0.2, 0.25) is 5.91 Å². The standard InChI is InChI=1S/C12H22N2O/c15-12-6-4-10-14(12)11-5-9-13-7-2-1-3-8-13/h1-11H2. The van der Waals surface area contributed by atoms with Gasteiger partial charge in [-0.25, -0.2) is 0 Å². The Hall–Kier alpha value is -0.570. The maximum Gasteiger partial charge on any atom is 0.222 e. The zero-order valence-electron chi connectivity index (χ0n) is 9.58. The second-order valence-electron chi connectivity index (χ2n) is 4.74. The van der Waals surface area contributed by atoms with Gasteiger partial charge >= 0.3 is 0 Å². The smallest absolute Gasteiger partial charge is 0.222 e. The van der Waals surface area contributed by atoms with Gasteiger partial charge in [-0.3, -0.25) is 4.79 Å². The summed E-state index contributed by atoms with van der Waals surface area (Å²) >= 11 is 0. The van der Waals surface area contributed by atoms with E-state index in [0.29, 0.717) is 5.91 Å². The molecule has 0 aliphatic carbocycles. The SMILES string of the molecule is O=C1CCCN1CCCN1CCCCC1. The summed E-state index contributed by atoms with van der Waals surface area (Å²) in [7, 11) is 0. The third kappa shape index (κ3) is 3.20. The van der Waals surface area contributed by atoms with Crippen molar-refractivity contribution < 1.29 is 4.79 Å². The summed E-state index contributed by atoms with van der Waals surface area (Å²) in [5.41, 5.74) is 0. The van der Waals surface area contributed by atoms with Gasteiger partial charge < -0.3 is 9.80 Å². The molecule has 3 heteroatoms. The van der Waals surface area contributed by atoms with Crippen LogP contribution in [0.2, 0.25) is 0 Å². The van der Waals surface area contributed by atoms with Crippen molar-refractivity contribution in [2.75, 3.05) is 32.7 Å². The molecular formula is C12H22N2O. The minimum absolute atomic E-state index is 0.369. The maximum atomic E-state index is 11.4. The fraction of sp³-hybridized carbons (Fsp3) is 0.917. The van der Waals surface area contributed by atoms with Crippen molar-refractivity contribution in [3.63, 3.8) is 0 Å². The fourth-order valence-electron chi connectivity index (χ4n) is 2.61. The van der Waals surface area contributed by atoms with Crippen LogP contribution in [0.3, 0.4) is 0 Å². The molecule has 0 N–H and O–H groups in total. The zero-order valence-corrected chi connectivity index (χ0v) is 9.58. The zero-order chi connectivity index (χ0) is 10.5. The molecule has 2 saturated heterocycles. The molecule has 0 aromatic carbocycles. The molecule has 86 valence electrons. The lowest BCUT2D eigenvalue weighted by molar-refractivity contribution is -0.127. The van der Waals surface area contributed by atoms with Gasteiger partial charge in [-0.05, 0) is 45.3 Å². The molecule has 0 unspecified atom stereocenters. The van der Waals surface area contributed by atoms with Crippen LogP contribution in [-0.2, 0) is 4.79 Å². The van der Waals surface area contributed by atoms with E-state index in [2.05, 4.69) is 4.90 Å². The number of rotatable bonds is 4. The Morgan fingerprint density at radius 3 is 2.40 bits per heavy atom. The highest BCUT2D eigenvalue weighted by Gasteiger charge is 2.19.